The number of aromatic nitrogens is 5. The largest absolute Gasteiger partial charge is 0.322 e. The smallest absolute Gasteiger partial charge is 0.0999 e. The maximum atomic E-state index is 6.21. The molecule has 0 aliphatic heterocycles. The second-order valence-corrected chi connectivity index (χ2v) is 6.48. The third-order valence-corrected chi connectivity index (χ3v) is 3.66. The number of hydrogen-bond acceptors (Lipinski definition) is 4. The topological polar surface area (TPSA) is 85.4 Å². The number of aromatic amines is 1. The molecule has 2 heterocycles. The minimum atomic E-state index is -0.124. The fourth-order valence-corrected chi connectivity index (χ4v) is 2.25. The standard InChI is InChI=1S/C15H20N6/c1-15(2,3)14(16)13-9-21(20-19-13)8-10-4-5-11-7-17-18-12(11)6-10/h4-7,9,14H,8,16H2,1-3H3,(H,17,18). The predicted molar refractivity (Wildman–Crippen MR) is 81.6 cm³/mol. The molecule has 3 aromatic rings. The Kier molecular flexibility index (Phi) is 3.25. The van der Waals surface area contributed by atoms with Gasteiger partial charge in [-0.05, 0) is 17.0 Å². The highest BCUT2D eigenvalue weighted by Gasteiger charge is 2.24. The Balaban J connectivity index is 1.80. The predicted octanol–water partition coefficient (Wildman–Crippen LogP) is 2.25. The Morgan fingerprint density at radius 2 is 2.14 bits per heavy atom. The van der Waals surface area contributed by atoms with Gasteiger partial charge in [0.15, 0.2) is 0 Å². The second kappa shape index (κ2) is 4.96. The minimum absolute atomic E-state index is 0.0321. The van der Waals surface area contributed by atoms with Crippen LogP contribution >= 0.6 is 0 Å². The van der Waals surface area contributed by atoms with Crippen LogP contribution < -0.4 is 5.73 Å². The van der Waals surface area contributed by atoms with Crippen LogP contribution in [0.15, 0.2) is 30.6 Å². The summed E-state index contributed by atoms with van der Waals surface area (Å²) < 4.78 is 1.82. The molecule has 0 radical (unpaired) electrons. The summed E-state index contributed by atoms with van der Waals surface area (Å²) in [6, 6.07) is 6.07. The van der Waals surface area contributed by atoms with Crippen LogP contribution in [0.25, 0.3) is 10.9 Å². The zero-order valence-corrected chi connectivity index (χ0v) is 12.5. The summed E-state index contributed by atoms with van der Waals surface area (Å²) in [6.45, 7) is 6.97. The molecule has 6 nitrogen and oxygen atoms in total. The minimum Gasteiger partial charge on any atom is -0.322 e. The highest BCUT2D eigenvalue weighted by atomic mass is 15.4. The van der Waals surface area contributed by atoms with Gasteiger partial charge in [-0.15, -0.1) is 5.10 Å². The zero-order valence-electron chi connectivity index (χ0n) is 12.5. The van der Waals surface area contributed by atoms with Gasteiger partial charge in [-0.25, -0.2) is 4.68 Å². The van der Waals surface area contributed by atoms with Crippen molar-refractivity contribution in [3.63, 3.8) is 0 Å². The lowest BCUT2D eigenvalue weighted by Crippen LogP contribution is -2.26. The highest BCUT2D eigenvalue weighted by Crippen LogP contribution is 2.28. The normalized spacial score (nSPS) is 13.7. The van der Waals surface area contributed by atoms with E-state index < -0.39 is 0 Å². The van der Waals surface area contributed by atoms with Gasteiger partial charge in [0.1, 0.15) is 0 Å². The van der Waals surface area contributed by atoms with E-state index in [-0.39, 0.29) is 11.5 Å². The van der Waals surface area contributed by atoms with Gasteiger partial charge < -0.3 is 5.73 Å². The van der Waals surface area contributed by atoms with Gasteiger partial charge in [0.25, 0.3) is 0 Å². The van der Waals surface area contributed by atoms with E-state index in [0.717, 1.165) is 22.2 Å². The lowest BCUT2D eigenvalue weighted by atomic mass is 9.86. The molecule has 0 saturated heterocycles. The van der Waals surface area contributed by atoms with Crippen molar-refractivity contribution in [2.75, 3.05) is 0 Å². The van der Waals surface area contributed by atoms with Gasteiger partial charge in [0.05, 0.1) is 36.2 Å². The molecular formula is C15H20N6. The molecule has 21 heavy (non-hydrogen) atoms. The third kappa shape index (κ3) is 2.80. The van der Waals surface area contributed by atoms with E-state index in [1.807, 2.05) is 23.1 Å². The van der Waals surface area contributed by atoms with E-state index in [1.165, 1.54) is 0 Å². The number of H-pyrrole nitrogens is 1. The van der Waals surface area contributed by atoms with Crippen LogP contribution in [0.4, 0.5) is 0 Å². The van der Waals surface area contributed by atoms with Crippen molar-refractivity contribution < 1.29 is 0 Å². The molecule has 6 heteroatoms. The molecule has 0 aliphatic rings. The summed E-state index contributed by atoms with van der Waals surface area (Å²) in [5, 5.41) is 16.5. The maximum Gasteiger partial charge on any atom is 0.0999 e. The molecular weight excluding hydrogens is 264 g/mol. The Labute approximate surface area is 123 Å². The molecule has 0 bridgehead atoms. The van der Waals surface area contributed by atoms with Crippen LogP contribution in [-0.2, 0) is 6.54 Å². The molecule has 3 rings (SSSR count). The molecule has 1 aromatic carbocycles. The quantitative estimate of drug-likeness (QED) is 0.772. The number of nitrogens with two attached hydrogens (primary N) is 1. The summed E-state index contributed by atoms with van der Waals surface area (Å²) >= 11 is 0. The van der Waals surface area contributed by atoms with E-state index >= 15 is 0 Å². The molecule has 0 amide bonds. The van der Waals surface area contributed by atoms with E-state index in [1.54, 1.807) is 0 Å². The summed E-state index contributed by atoms with van der Waals surface area (Å²) in [5.41, 5.74) is 9.18. The fraction of sp³-hybridized carbons (Fsp3) is 0.400. The average Bonchev–Trinajstić information content (AvgIpc) is 3.05. The maximum absolute atomic E-state index is 6.21. The van der Waals surface area contributed by atoms with Gasteiger partial charge in [0.2, 0.25) is 0 Å². The summed E-state index contributed by atoms with van der Waals surface area (Å²) in [7, 11) is 0. The number of nitrogens with zero attached hydrogens (tertiary/aromatic N) is 4. The molecule has 3 N–H and O–H groups in total. The molecule has 0 saturated carbocycles. The van der Waals surface area contributed by atoms with Crippen molar-refractivity contribution in [1.29, 1.82) is 0 Å². The molecule has 0 aliphatic carbocycles. The first-order chi connectivity index (χ1) is 9.93. The van der Waals surface area contributed by atoms with E-state index in [9.17, 15) is 0 Å². The SMILES string of the molecule is CC(C)(C)C(N)c1cn(Cc2ccc3cn[nH]c3c2)nn1. The van der Waals surface area contributed by atoms with Crippen molar-refractivity contribution in [3.05, 3.63) is 41.9 Å². The molecule has 2 aromatic heterocycles. The Morgan fingerprint density at radius 1 is 1.33 bits per heavy atom. The van der Waals surface area contributed by atoms with Gasteiger partial charge in [-0.1, -0.05) is 38.1 Å². The van der Waals surface area contributed by atoms with Crippen molar-refractivity contribution in [2.45, 2.75) is 33.4 Å². The average molecular weight is 284 g/mol. The molecule has 1 atom stereocenters. The molecule has 1 unspecified atom stereocenters. The van der Waals surface area contributed by atoms with Crippen LogP contribution in [-0.4, -0.2) is 25.2 Å². The van der Waals surface area contributed by atoms with Gasteiger partial charge in [-0.3, -0.25) is 5.10 Å². The van der Waals surface area contributed by atoms with Gasteiger partial charge >= 0.3 is 0 Å². The Bertz CT molecular complexity index is 749. The summed E-state index contributed by atoms with van der Waals surface area (Å²) in [5.74, 6) is 0. The number of fused-ring (bicyclic) bond motifs is 1. The van der Waals surface area contributed by atoms with Crippen LogP contribution in [0, 0.1) is 5.41 Å². The lowest BCUT2D eigenvalue weighted by molar-refractivity contribution is 0.321. The number of hydrogen-bond donors (Lipinski definition) is 2. The zero-order chi connectivity index (χ0) is 15.0. The fourth-order valence-electron chi connectivity index (χ4n) is 2.25. The van der Waals surface area contributed by atoms with Crippen molar-refractivity contribution >= 4 is 10.9 Å². The van der Waals surface area contributed by atoms with E-state index in [4.69, 9.17) is 5.73 Å². The Morgan fingerprint density at radius 3 is 2.90 bits per heavy atom. The first-order valence-electron chi connectivity index (χ1n) is 7.01. The number of nitrogens with one attached hydrogen (secondary N) is 1. The first kappa shape index (κ1) is 13.8. The second-order valence-electron chi connectivity index (χ2n) is 6.48. The summed E-state index contributed by atoms with van der Waals surface area (Å²) in [4.78, 5) is 0. The van der Waals surface area contributed by atoms with Crippen LogP contribution in [0.1, 0.15) is 38.1 Å². The van der Waals surface area contributed by atoms with Crippen LogP contribution in [0.5, 0.6) is 0 Å². The third-order valence-electron chi connectivity index (χ3n) is 3.66. The van der Waals surface area contributed by atoms with E-state index in [2.05, 4.69) is 53.4 Å². The molecule has 0 fully saturated rings. The van der Waals surface area contributed by atoms with Crippen molar-refractivity contribution in [3.8, 4) is 0 Å². The van der Waals surface area contributed by atoms with Crippen molar-refractivity contribution in [2.24, 2.45) is 11.1 Å². The van der Waals surface area contributed by atoms with Gasteiger partial charge in [-0.2, -0.15) is 5.10 Å². The first-order valence-corrected chi connectivity index (χ1v) is 7.01. The van der Waals surface area contributed by atoms with E-state index in [0.29, 0.717) is 6.54 Å². The molecule has 0 spiro atoms. The monoisotopic (exact) mass is 284 g/mol. The van der Waals surface area contributed by atoms with Crippen molar-refractivity contribution in [1.82, 2.24) is 25.2 Å². The van der Waals surface area contributed by atoms with Crippen LogP contribution in [0.3, 0.4) is 0 Å². The number of benzene rings is 1. The summed E-state index contributed by atoms with van der Waals surface area (Å²) in [6.07, 6.45) is 3.74. The van der Waals surface area contributed by atoms with Gasteiger partial charge in [0, 0.05) is 5.39 Å². The van der Waals surface area contributed by atoms with Crippen LogP contribution in [0.2, 0.25) is 0 Å². The highest BCUT2D eigenvalue weighted by molar-refractivity contribution is 5.78. The number of rotatable bonds is 3. The Hall–Kier alpha value is -2.21. The lowest BCUT2D eigenvalue weighted by Gasteiger charge is -2.24. The molecule has 110 valence electrons.